The number of aromatic carboxylic acids is 1. The molecule has 2 aromatic rings. The van der Waals surface area contributed by atoms with E-state index in [1.807, 2.05) is 26.0 Å². The number of benzene rings is 2. The van der Waals surface area contributed by atoms with E-state index < -0.39 is 23.5 Å². The summed E-state index contributed by atoms with van der Waals surface area (Å²) >= 11 is 1.12. The van der Waals surface area contributed by atoms with Crippen LogP contribution >= 0.6 is 11.8 Å². The number of aryl methyl sites for hydroxylation is 2. The maximum absolute atomic E-state index is 13.0. The van der Waals surface area contributed by atoms with Crippen molar-refractivity contribution in [2.45, 2.75) is 37.1 Å². The van der Waals surface area contributed by atoms with Crippen molar-refractivity contribution in [1.82, 2.24) is 0 Å². The van der Waals surface area contributed by atoms with Crippen molar-refractivity contribution >= 4 is 23.7 Å². The van der Waals surface area contributed by atoms with Crippen molar-refractivity contribution in [3.63, 3.8) is 0 Å². The number of esters is 1. The molecule has 1 heterocycles. The molecule has 5 nitrogen and oxygen atoms in total. The number of aliphatic hydroxyl groups excluding tert-OH is 1. The van der Waals surface area contributed by atoms with Gasteiger partial charge >= 0.3 is 11.9 Å². The predicted octanol–water partition coefficient (Wildman–Crippen LogP) is 4.01. The zero-order chi connectivity index (χ0) is 20.7. The fourth-order valence-electron chi connectivity index (χ4n) is 2.45. The van der Waals surface area contributed by atoms with Gasteiger partial charge in [0.2, 0.25) is 0 Å². The number of ether oxygens (including phenoxy) is 1. The highest BCUT2D eigenvalue weighted by molar-refractivity contribution is 8.00. The van der Waals surface area contributed by atoms with Crippen molar-refractivity contribution in [2.24, 2.45) is 0 Å². The molecule has 2 aromatic carbocycles. The second-order valence-electron chi connectivity index (χ2n) is 6.54. The summed E-state index contributed by atoms with van der Waals surface area (Å²) in [5, 5.41) is 17.5. The number of hydrogen-bond acceptors (Lipinski definition) is 5. The minimum atomic E-state index is -1.22. The van der Waals surface area contributed by atoms with Gasteiger partial charge in [0.15, 0.2) is 0 Å². The number of carboxylic acids is 1. The number of alkyl halides is 1. The summed E-state index contributed by atoms with van der Waals surface area (Å²) in [6, 6.07) is 13.8. The van der Waals surface area contributed by atoms with Crippen LogP contribution < -0.4 is 0 Å². The number of aliphatic hydroxyl groups is 1. The SMILES string of the molecule is Cc1ccc(C(=O)O)cc1.Cc1ccc(C(=O)OCC2CC(F)C(O)S2)cc1. The molecular formula is C21H23FO5S. The van der Waals surface area contributed by atoms with Gasteiger partial charge in [0.25, 0.3) is 0 Å². The van der Waals surface area contributed by atoms with Crippen LogP contribution in [0.25, 0.3) is 0 Å². The van der Waals surface area contributed by atoms with Gasteiger partial charge in [0, 0.05) is 5.25 Å². The molecular weight excluding hydrogens is 383 g/mol. The lowest BCUT2D eigenvalue weighted by Gasteiger charge is -2.09. The van der Waals surface area contributed by atoms with Crippen LogP contribution in [-0.2, 0) is 4.74 Å². The number of hydrogen-bond donors (Lipinski definition) is 2. The van der Waals surface area contributed by atoms with E-state index >= 15 is 0 Å². The first-order valence-corrected chi connectivity index (χ1v) is 9.72. The van der Waals surface area contributed by atoms with E-state index in [0.717, 1.165) is 22.9 Å². The first kappa shape index (κ1) is 21.9. The lowest BCUT2D eigenvalue weighted by atomic mass is 10.1. The largest absolute Gasteiger partial charge is 0.478 e. The number of rotatable bonds is 4. The summed E-state index contributed by atoms with van der Waals surface area (Å²) in [5.41, 5.74) is 1.98. The zero-order valence-electron chi connectivity index (χ0n) is 15.7. The maximum atomic E-state index is 13.0. The smallest absolute Gasteiger partial charge is 0.338 e. The molecule has 28 heavy (non-hydrogen) atoms. The summed E-state index contributed by atoms with van der Waals surface area (Å²) in [6.45, 7) is 3.99. The summed E-state index contributed by atoms with van der Waals surface area (Å²) in [6.07, 6.45) is -0.995. The predicted molar refractivity (Wildman–Crippen MR) is 106 cm³/mol. The average Bonchev–Trinajstić information content (AvgIpc) is 2.99. The molecule has 0 saturated carbocycles. The van der Waals surface area contributed by atoms with E-state index in [-0.39, 0.29) is 18.3 Å². The summed E-state index contributed by atoms with van der Waals surface area (Å²) in [5.74, 6) is -1.28. The molecule has 0 aromatic heterocycles. The summed E-state index contributed by atoms with van der Waals surface area (Å²) in [4.78, 5) is 22.0. The first-order chi connectivity index (χ1) is 13.3. The Labute approximate surface area is 167 Å². The standard InChI is InChI=1S/C13H15FO3S.C8H8O2/c1-8-2-4-9(5-3-8)12(15)17-7-10-6-11(14)13(16)18-10;1-6-2-4-7(5-3-6)8(9)10/h2-5,10-11,13,16H,6-7H2,1H3;2-5H,1H3,(H,9,10). The molecule has 0 bridgehead atoms. The van der Waals surface area contributed by atoms with E-state index in [1.165, 1.54) is 0 Å². The Morgan fingerprint density at radius 2 is 1.54 bits per heavy atom. The Morgan fingerprint density at radius 1 is 1.04 bits per heavy atom. The van der Waals surface area contributed by atoms with Gasteiger partial charge in [-0.25, -0.2) is 14.0 Å². The molecule has 3 rings (SSSR count). The van der Waals surface area contributed by atoms with Crippen LogP contribution in [0.5, 0.6) is 0 Å². The molecule has 2 N–H and O–H groups in total. The maximum Gasteiger partial charge on any atom is 0.338 e. The average molecular weight is 406 g/mol. The fraction of sp³-hybridized carbons (Fsp3) is 0.333. The minimum absolute atomic E-state index is 0.134. The highest BCUT2D eigenvalue weighted by Gasteiger charge is 2.34. The highest BCUT2D eigenvalue weighted by atomic mass is 32.2. The van der Waals surface area contributed by atoms with E-state index in [4.69, 9.17) is 9.84 Å². The van der Waals surface area contributed by atoms with Gasteiger partial charge in [-0.15, -0.1) is 11.8 Å². The topological polar surface area (TPSA) is 83.8 Å². The highest BCUT2D eigenvalue weighted by Crippen LogP contribution is 2.34. The van der Waals surface area contributed by atoms with E-state index in [1.54, 1.807) is 36.4 Å². The van der Waals surface area contributed by atoms with Crippen LogP contribution in [0, 0.1) is 13.8 Å². The molecule has 3 unspecified atom stereocenters. The fourth-order valence-corrected chi connectivity index (χ4v) is 3.57. The van der Waals surface area contributed by atoms with Gasteiger partial charge in [0.05, 0.1) is 11.1 Å². The van der Waals surface area contributed by atoms with Gasteiger partial charge in [-0.2, -0.15) is 0 Å². The summed E-state index contributed by atoms with van der Waals surface area (Å²) in [7, 11) is 0. The van der Waals surface area contributed by atoms with E-state index in [0.29, 0.717) is 11.1 Å². The zero-order valence-corrected chi connectivity index (χ0v) is 16.5. The van der Waals surface area contributed by atoms with Crippen LogP contribution in [-0.4, -0.2) is 45.6 Å². The monoisotopic (exact) mass is 406 g/mol. The van der Waals surface area contributed by atoms with Gasteiger partial charge in [-0.05, 0) is 44.5 Å². The second-order valence-corrected chi connectivity index (χ2v) is 7.96. The number of halogens is 1. The number of carbonyl (C=O) groups excluding carboxylic acids is 1. The lowest BCUT2D eigenvalue weighted by molar-refractivity contribution is 0.0498. The molecule has 1 fully saturated rings. The van der Waals surface area contributed by atoms with Crippen molar-refractivity contribution < 1.29 is 28.9 Å². The Hall–Kier alpha value is -2.38. The van der Waals surface area contributed by atoms with Gasteiger partial charge < -0.3 is 14.9 Å². The second kappa shape index (κ2) is 10.2. The Balaban J connectivity index is 0.000000237. The third-order valence-corrected chi connectivity index (χ3v) is 5.40. The molecule has 1 aliphatic rings. The summed E-state index contributed by atoms with van der Waals surface area (Å²) < 4.78 is 18.2. The van der Waals surface area contributed by atoms with Crippen molar-refractivity contribution in [3.05, 3.63) is 70.8 Å². The Bertz CT molecular complexity index is 781. The molecule has 0 spiro atoms. The Morgan fingerprint density at radius 3 is 1.96 bits per heavy atom. The minimum Gasteiger partial charge on any atom is -0.478 e. The number of thioether (sulfide) groups is 1. The third kappa shape index (κ3) is 6.65. The number of carbonyl (C=O) groups is 2. The van der Waals surface area contributed by atoms with Gasteiger partial charge in [-0.1, -0.05) is 35.4 Å². The first-order valence-electron chi connectivity index (χ1n) is 8.77. The van der Waals surface area contributed by atoms with E-state index in [2.05, 4.69) is 0 Å². The van der Waals surface area contributed by atoms with Crippen molar-refractivity contribution in [1.29, 1.82) is 0 Å². The lowest BCUT2D eigenvalue weighted by Crippen LogP contribution is -2.15. The molecule has 3 atom stereocenters. The molecule has 1 saturated heterocycles. The van der Waals surface area contributed by atoms with Crippen LogP contribution in [0.3, 0.4) is 0 Å². The van der Waals surface area contributed by atoms with Crippen LogP contribution in [0.1, 0.15) is 38.3 Å². The number of carboxylic acid groups (broad SMARTS) is 1. The Kier molecular flexibility index (Phi) is 8.02. The van der Waals surface area contributed by atoms with Crippen molar-refractivity contribution in [2.75, 3.05) is 6.61 Å². The molecule has 0 amide bonds. The van der Waals surface area contributed by atoms with Crippen LogP contribution in [0.15, 0.2) is 48.5 Å². The van der Waals surface area contributed by atoms with Crippen LogP contribution in [0.4, 0.5) is 4.39 Å². The third-order valence-electron chi connectivity index (χ3n) is 4.12. The molecule has 7 heteroatoms. The molecule has 1 aliphatic heterocycles. The van der Waals surface area contributed by atoms with Crippen molar-refractivity contribution in [3.8, 4) is 0 Å². The molecule has 150 valence electrons. The van der Waals surface area contributed by atoms with Gasteiger partial charge in [-0.3, -0.25) is 0 Å². The van der Waals surface area contributed by atoms with Gasteiger partial charge in [0.1, 0.15) is 18.2 Å². The van der Waals surface area contributed by atoms with Crippen LogP contribution in [0.2, 0.25) is 0 Å². The molecule has 0 aliphatic carbocycles. The normalized spacial score (nSPS) is 20.8. The quantitative estimate of drug-likeness (QED) is 0.747. The molecule has 0 radical (unpaired) electrons. The van der Waals surface area contributed by atoms with E-state index in [9.17, 15) is 19.1 Å².